The van der Waals surface area contributed by atoms with Gasteiger partial charge in [0.25, 0.3) is 0 Å². The van der Waals surface area contributed by atoms with Gasteiger partial charge in [-0.25, -0.2) is 9.59 Å². The van der Waals surface area contributed by atoms with Gasteiger partial charge in [0.2, 0.25) is 11.8 Å². The van der Waals surface area contributed by atoms with Gasteiger partial charge in [0.05, 0.1) is 14.2 Å². The topological polar surface area (TPSA) is 111 Å². The second-order valence-electron chi connectivity index (χ2n) is 6.88. The number of benzene rings is 2. The molecule has 0 heterocycles. The van der Waals surface area contributed by atoms with Crippen LogP contribution in [0.25, 0.3) is 0 Å². The lowest BCUT2D eigenvalue weighted by Crippen LogP contribution is -2.43. The van der Waals surface area contributed by atoms with Crippen molar-refractivity contribution in [2.75, 3.05) is 14.2 Å². The van der Waals surface area contributed by atoms with Gasteiger partial charge in [-0.15, -0.1) is 0 Å². The van der Waals surface area contributed by atoms with E-state index in [9.17, 15) is 19.2 Å². The van der Waals surface area contributed by atoms with Crippen LogP contribution in [-0.2, 0) is 41.5 Å². The summed E-state index contributed by atoms with van der Waals surface area (Å²) in [5.74, 6) is -2.50. The lowest BCUT2D eigenvalue weighted by atomic mass is 10.1. The van der Waals surface area contributed by atoms with E-state index in [1.807, 2.05) is 60.7 Å². The largest absolute Gasteiger partial charge is 0.467 e. The van der Waals surface area contributed by atoms with Gasteiger partial charge in [0.15, 0.2) is 0 Å². The predicted octanol–water partition coefficient (Wildman–Crippen LogP) is 1.34. The van der Waals surface area contributed by atoms with Crippen molar-refractivity contribution in [2.45, 2.75) is 24.9 Å². The second-order valence-corrected chi connectivity index (χ2v) is 6.88. The Hall–Kier alpha value is -3.94. The Morgan fingerprint density at radius 2 is 1.03 bits per heavy atom. The van der Waals surface area contributed by atoms with Gasteiger partial charge in [-0.3, -0.25) is 9.59 Å². The zero-order valence-electron chi connectivity index (χ0n) is 17.9. The highest BCUT2D eigenvalue weighted by Crippen LogP contribution is 2.06. The first-order valence-electron chi connectivity index (χ1n) is 9.95. The van der Waals surface area contributed by atoms with E-state index in [1.165, 1.54) is 14.2 Å². The van der Waals surface area contributed by atoms with Gasteiger partial charge < -0.3 is 20.1 Å². The van der Waals surface area contributed by atoms with Crippen LogP contribution in [0, 0.1) is 0 Å². The number of nitrogens with one attached hydrogen (secondary N) is 2. The zero-order chi connectivity index (χ0) is 23.3. The minimum Gasteiger partial charge on any atom is -0.467 e. The molecule has 8 heteroatoms. The smallest absolute Gasteiger partial charge is 0.328 e. The van der Waals surface area contributed by atoms with Crippen molar-refractivity contribution >= 4 is 23.8 Å². The number of hydrogen-bond acceptors (Lipinski definition) is 6. The Balaban J connectivity index is 1.97. The van der Waals surface area contributed by atoms with E-state index in [-0.39, 0.29) is 12.8 Å². The third kappa shape index (κ3) is 8.06. The molecule has 8 nitrogen and oxygen atoms in total. The van der Waals surface area contributed by atoms with Crippen LogP contribution in [0.15, 0.2) is 72.8 Å². The van der Waals surface area contributed by atoms with Gasteiger partial charge in [-0.1, -0.05) is 60.7 Å². The molecule has 0 bridgehead atoms. The van der Waals surface area contributed by atoms with Crippen molar-refractivity contribution in [3.63, 3.8) is 0 Å². The molecule has 2 aromatic rings. The van der Waals surface area contributed by atoms with Crippen molar-refractivity contribution < 1.29 is 28.7 Å². The molecule has 0 aliphatic carbocycles. The van der Waals surface area contributed by atoms with Gasteiger partial charge >= 0.3 is 11.9 Å². The minimum absolute atomic E-state index is 0.237. The van der Waals surface area contributed by atoms with E-state index in [1.54, 1.807) is 0 Å². The molecular weight excluding hydrogens is 412 g/mol. The molecule has 0 saturated heterocycles. The summed E-state index contributed by atoms with van der Waals surface area (Å²) in [5, 5.41) is 5.05. The van der Waals surface area contributed by atoms with Crippen LogP contribution in [0.2, 0.25) is 0 Å². The SMILES string of the molecule is COC(=O)C(Cc1ccccc1)NC(=O)C=CC(=O)NC(Cc1ccccc1)C(=O)OC. The van der Waals surface area contributed by atoms with Gasteiger partial charge in [0.1, 0.15) is 12.1 Å². The Labute approximate surface area is 186 Å². The van der Waals surface area contributed by atoms with E-state index in [0.29, 0.717) is 0 Å². The van der Waals surface area contributed by atoms with Crippen molar-refractivity contribution in [1.82, 2.24) is 10.6 Å². The summed E-state index contributed by atoms with van der Waals surface area (Å²) < 4.78 is 9.50. The molecule has 0 fully saturated rings. The third-order valence-corrected chi connectivity index (χ3v) is 4.56. The molecule has 0 radical (unpaired) electrons. The maximum absolute atomic E-state index is 12.3. The van der Waals surface area contributed by atoms with Crippen LogP contribution in [-0.4, -0.2) is 50.1 Å². The fourth-order valence-electron chi connectivity index (χ4n) is 2.96. The van der Waals surface area contributed by atoms with Gasteiger partial charge in [0, 0.05) is 25.0 Å². The molecule has 0 aliphatic rings. The standard InChI is InChI=1S/C24H26N2O6/c1-31-23(29)19(15-17-9-5-3-6-10-17)25-21(27)13-14-22(28)26-20(24(30)32-2)16-18-11-7-4-8-12-18/h3-14,19-20H,15-16H2,1-2H3,(H,25,27)(H,26,28). The van der Waals surface area contributed by atoms with E-state index in [0.717, 1.165) is 23.3 Å². The number of ether oxygens (including phenoxy) is 2. The highest BCUT2D eigenvalue weighted by Gasteiger charge is 2.22. The monoisotopic (exact) mass is 438 g/mol. The summed E-state index contributed by atoms with van der Waals surface area (Å²) in [7, 11) is 2.46. The van der Waals surface area contributed by atoms with Crippen LogP contribution < -0.4 is 10.6 Å². The van der Waals surface area contributed by atoms with Gasteiger partial charge in [-0.2, -0.15) is 0 Å². The van der Waals surface area contributed by atoms with Gasteiger partial charge in [-0.05, 0) is 11.1 Å². The molecule has 0 saturated carbocycles. The average Bonchev–Trinajstić information content (AvgIpc) is 2.82. The number of carbonyl (C=O) groups is 4. The molecule has 2 unspecified atom stereocenters. The lowest BCUT2D eigenvalue weighted by Gasteiger charge is -2.16. The fraction of sp³-hybridized carbons (Fsp3) is 0.250. The quantitative estimate of drug-likeness (QED) is 0.428. The first-order chi connectivity index (χ1) is 15.4. The normalized spacial score (nSPS) is 12.4. The third-order valence-electron chi connectivity index (χ3n) is 4.56. The van der Waals surface area contributed by atoms with E-state index in [2.05, 4.69) is 10.6 Å². The molecule has 0 spiro atoms. The number of methoxy groups -OCH3 is 2. The number of carbonyl (C=O) groups excluding carboxylic acids is 4. The molecule has 2 N–H and O–H groups in total. The van der Waals surface area contributed by atoms with Crippen molar-refractivity contribution in [3.05, 3.63) is 83.9 Å². The zero-order valence-corrected chi connectivity index (χ0v) is 17.9. The first-order valence-corrected chi connectivity index (χ1v) is 9.95. The number of esters is 2. The highest BCUT2D eigenvalue weighted by molar-refractivity contribution is 5.99. The van der Waals surface area contributed by atoms with E-state index >= 15 is 0 Å². The Morgan fingerprint density at radius 3 is 1.34 bits per heavy atom. The second kappa shape index (κ2) is 12.7. The summed E-state index contributed by atoms with van der Waals surface area (Å²) >= 11 is 0. The average molecular weight is 438 g/mol. The van der Waals surface area contributed by atoms with Crippen LogP contribution in [0.4, 0.5) is 0 Å². The number of rotatable bonds is 10. The Kier molecular flexibility index (Phi) is 9.65. The van der Waals surface area contributed by atoms with Crippen LogP contribution in [0.5, 0.6) is 0 Å². The summed E-state index contributed by atoms with van der Waals surface area (Å²) in [6, 6.07) is 16.4. The minimum atomic E-state index is -0.913. The van der Waals surface area contributed by atoms with Crippen LogP contribution in [0.3, 0.4) is 0 Å². The van der Waals surface area contributed by atoms with Crippen molar-refractivity contribution in [1.29, 1.82) is 0 Å². The fourth-order valence-corrected chi connectivity index (χ4v) is 2.96. The maximum atomic E-state index is 12.3. The maximum Gasteiger partial charge on any atom is 0.328 e. The number of hydrogen-bond donors (Lipinski definition) is 2. The lowest BCUT2D eigenvalue weighted by molar-refractivity contribution is -0.145. The molecule has 168 valence electrons. The summed E-state index contributed by atoms with van der Waals surface area (Å²) in [6.45, 7) is 0. The first kappa shape index (κ1) is 24.3. The Morgan fingerprint density at radius 1 is 0.688 bits per heavy atom. The van der Waals surface area contributed by atoms with Crippen LogP contribution >= 0.6 is 0 Å². The molecule has 0 aliphatic heterocycles. The molecule has 2 atom stereocenters. The molecular formula is C24H26N2O6. The predicted molar refractivity (Wildman–Crippen MR) is 117 cm³/mol. The highest BCUT2D eigenvalue weighted by atomic mass is 16.5. The summed E-state index contributed by atoms with van der Waals surface area (Å²) in [5.41, 5.74) is 1.68. The summed E-state index contributed by atoms with van der Waals surface area (Å²) in [6.07, 6.45) is 2.46. The molecule has 2 aromatic carbocycles. The molecule has 0 aromatic heterocycles. The van der Waals surface area contributed by atoms with Crippen molar-refractivity contribution in [2.24, 2.45) is 0 Å². The molecule has 32 heavy (non-hydrogen) atoms. The van der Waals surface area contributed by atoms with E-state index < -0.39 is 35.8 Å². The van der Waals surface area contributed by atoms with Crippen molar-refractivity contribution in [3.8, 4) is 0 Å². The van der Waals surface area contributed by atoms with E-state index in [4.69, 9.17) is 9.47 Å². The molecule has 2 amide bonds. The molecule has 2 rings (SSSR count). The van der Waals surface area contributed by atoms with Crippen LogP contribution in [0.1, 0.15) is 11.1 Å². The summed E-state index contributed by atoms with van der Waals surface area (Å²) in [4.78, 5) is 48.6. The number of amides is 2. The Bertz CT molecular complexity index is 866.